The van der Waals surface area contributed by atoms with Crippen molar-refractivity contribution in [2.45, 2.75) is 18.9 Å². The lowest BCUT2D eigenvalue weighted by atomic mass is 10.1. The molecule has 0 spiro atoms. The lowest BCUT2D eigenvalue weighted by molar-refractivity contribution is -0.383. The van der Waals surface area contributed by atoms with Crippen molar-refractivity contribution in [3.63, 3.8) is 0 Å². The molecule has 2 aromatic heterocycles. The molecule has 1 fully saturated rings. The number of nitrogens with zero attached hydrogens (tertiary/aromatic N) is 4. The summed E-state index contributed by atoms with van der Waals surface area (Å²) in [5.74, 6) is 0.526. The highest BCUT2D eigenvalue weighted by Crippen LogP contribution is 2.31. The van der Waals surface area contributed by atoms with E-state index in [1.165, 1.54) is 6.07 Å². The van der Waals surface area contributed by atoms with Crippen LogP contribution in [-0.4, -0.2) is 39.3 Å². The molecule has 0 radical (unpaired) electrons. The van der Waals surface area contributed by atoms with Crippen LogP contribution in [0.2, 0.25) is 0 Å². The van der Waals surface area contributed by atoms with Crippen LogP contribution in [-0.2, 0) is 4.74 Å². The largest absolute Gasteiger partial charge is 0.377 e. The maximum Gasteiger partial charge on any atom is 0.293 e. The third kappa shape index (κ3) is 3.77. The summed E-state index contributed by atoms with van der Waals surface area (Å²) in [6.45, 7) is 1.27. The van der Waals surface area contributed by atoms with Crippen LogP contribution in [0.4, 0.5) is 11.4 Å². The van der Waals surface area contributed by atoms with Crippen LogP contribution in [0.25, 0.3) is 23.0 Å². The summed E-state index contributed by atoms with van der Waals surface area (Å²) in [6.07, 6.45) is 3.69. The second-order valence-corrected chi connectivity index (χ2v) is 6.14. The molecule has 1 aromatic carbocycles. The highest BCUT2D eigenvalue weighted by molar-refractivity contribution is 5.70. The van der Waals surface area contributed by atoms with Gasteiger partial charge in [0, 0.05) is 31.0 Å². The molecule has 9 nitrogen and oxygen atoms in total. The van der Waals surface area contributed by atoms with Gasteiger partial charge >= 0.3 is 0 Å². The average molecular weight is 367 g/mol. The predicted molar refractivity (Wildman–Crippen MR) is 97.1 cm³/mol. The fourth-order valence-corrected chi connectivity index (χ4v) is 2.93. The van der Waals surface area contributed by atoms with Crippen molar-refractivity contribution >= 4 is 11.4 Å². The first-order valence-electron chi connectivity index (χ1n) is 8.60. The quantitative estimate of drug-likeness (QED) is 0.521. The van der Waals surface area contributed by atoms with Gasteiger partial charge in [-0.15, -0.1) is 0 Å². The number of ether oxygens (including phenoxy) is 1. The minimum Gasteiger partial charge on any atom is -0.377 e. The maximum absolute atomic E-state index is 11.5. The Morgan fingerprint density at radius 1 is 1.30 bits per heavy atom. The number of hydrogen-bond donors (Lipinski definition) is 1. The minimum atomic E-state index is -0.433. The lowest BCUT2D eigenvalue weighted by Crippen LogP contribution is -2.18. The number of rotatable bonds is 6. The van der Waals surface area contributed by atoms with Crippen LogP contribution in [0.15, 0.2) is 47.1 Å². The molecule has 4 rings (SSSR count). The van der Waals surface area contributed by atoms with Gasteiger partial charge in [-0.2, -0.15) is 4.98 Å². The van der Waals surface area contributed by atoms with Crippen LogP contribution >= 0.6 is 0 Å². The zero-order chi connectivity index (χ0) is 18.6. The van der Waals surface area contributed by atoms with E-state index in [0.717, 1.165) is 19.4 Å². The van der Waals surface area contributed by atoms with Crippen molar-refractivity contribution in [1.29, 1.82) is 0 Å². The Kier molecular flexibility index (Phi) is 4.75. The number of nitrogens with one attached hydrogen (secondary N) is 1. The van der Waals surface area contributed by atoms with Crippen LogP contribution < -0.4 is 5.32 Å². The molecular weight excluding hydrogens is 350 g/mol. The Hall–Kier alpha value is -3.33. The summed E-state index contributed by atoms with van der Waals surface area (Å²) < 4.78 is 10.8. The second-order valence-electron chi connectivity index (χ2n) is 6.14. The summed E-state index contributed by atoms with van der Waals surface area (Å²) in [6, 6.07) is 10.1. The van der Waals surface area contributed by atoms with Crippen molar-refractivity contribution < 1.29 is 14.2 Å². The monoisotopic (exact) mass is 367 g/mol. The number of nitro benzene ring substituents is 1. The van der Waals surface area contributed by atoms with Crippen molar-refractivity contribution in [2.24, 2.45) is 0 Å². The molecule has 3 heterocycles. The summed E-state index contributed by atoms with van der Waals surface area (Å²) in [4.78, 5) is 19.5. The first-order chi connectivity index (χ1) is 13.2. The van der Waals surface area contributed by atoms with Gasteiger partial charge in [0.1, 0.15) is 11.4 Å². The molecule has 1 aliphatic heterocycles. The third-order valence-corrected chi connectivity index (χ3v) is 4.31. The molecule has 138 valence electrons. The number of anilines is 1. The SMILES string of the molecule is O=[N+]([O-])c1cc(-c2nc(-c3ccccn3)no2)ccc1NC[C@H]1CCCO1. The van der Waals surface area contributed by atoms with E-state index < -0.39 is 4.92 Å². The maximum atomic E-state index is 11.5. The summed E-state index contributed by atoms with van der Waals surface area (Å²) in [5.41, 5.74) is 1.42. The lowest BCUT2D eigenvalue weighted by Gasteiger charge is -2.12. The van der Waals surface area contributed by atoms with Gasteiger partial charge in [0.25, 0.3) is 11.6 Å². The first kappa shape index (κ1) is 17.1. The average Bonchev–Trinajstić information content (AvgIpc) is 3.39. The second kappa shape index (κ2) is 7.50. The molecule has 1 aliphatic rings. The zero-order valence-corrected chi connectivity index (χ0v) is 14.4. The molecule has 9 heteroatoms. The highest BCUT2D eigenvalue weighted by atomic mass is 16.6. The Morgan fingerprint density at radius 2 is 2.22 bits per heavy atom. The molecule has 1 atom stereocenters. The van der Waals surface area contributed by atoms with Gasteiger partial charge in [0.05, 0.1) is 11.0 Å². The topological polar surface area (TPSA) is 116 Å². The van der Waals surface area contributed by atoms with Gasteiger partial charge in [-0.05, 0) is 37.1 Å². The predicted octanol–water partition coefficient (Wildman–Crippen LogP) is 3.30. The van der Waals surface area contributed by atoms with E-state index in [1.54, 1.807) is 30.5 Å². The van der Waals surface area contributed by atoms with Crippen molar-refractivity contribution in [2.75, 3.05) is 18.5 Å². The molecule has 1 saturated heterocycles. The van der Waals surface area contributed by atoms with Crippen LogP contribution in [0.5, 0.6) is 0 Å². The van der Waals surface area contributed by atoms with Gasteiger partial charge in [0.15, 0.2) is 0 Å². The summed E-state index contributed by atoms with van der Waals surface area (Å²) in [5, 5.41) is 18.5. The van der Waals surface area contributed by atoms with E-state index in [-0.39, 0.29) is 17.7 Å². The molecule has 0 aliphatic carbocycles. The summed E-state index contributed by atoms with van der Waals surface area (Å²) in [7, 11) is 0. The minimum absolute atomic E-state index is 0.0527. The zero-order valence-electron chi connectivity index (χ0n) is 14.4. The Morgan fingerprint density at radius 3 is 2.96 bits per heavy atom. The van der Waals surface area contributed by atoms with Gasteiger partial charge < -0.3 is 14.6 Å². The van der Waals surface area contributed by atoms with Crippen molar-refractivity contribution in [1.82, 2.24) is 15.1 Å². The van der Waals surface area contributed by atoms with Crippen molar-refractivity contribution in [3.8, 4) is 23.0 Å². The summed E-state index contributed by atoms with van der Waals surface area (Å²) >= 11 is 0. The van der Waals surface area contributed by atoms with E-state index >= 15 is 0 Å². The number of hydrogen-bond acceptors (Lipinski definition) is 8. The molecule has 27 heavy (non-hydrogen) atoms. The Balaban J connectivity index is 1.57. The van der Waals surface area contributed by atoms with Crippen LogP contribution in [0, 0.1) is 10.1 Å². The molecule has 1 N–H and O–H groups in total. The molecule has 0 bridgehead atoms. The first-order valence-corrected chi connectivity index (χ1v) is 8.60. The fraction of sp³-hybridized carbons (Fsp3) is 0.278. The number of pyridine rings is 1. The van der Waals surface area contributed by atoms with E-state index in [9.17, 15) is 10.1 Å². The number of nitro groups is 1. The van der Waals surface area contributed by atoms with Gasteiger partial charge in [-0.1, -0.05) is 11.2 Å². The normalized spacial score (nSPS) is 16.4. The standard InChI is InChI=1S/C18H17N5O4/c24-23(25)16-10-12(6-7-14(16)20-11-13-4-3-9-26-13)18-21-17(22-27-18)15-5-1-2-8-19-15/h1-2,5-8,10,13,20H,3-4,9,11H2/t13-/m1/s1. The molecule has 0 unspecified atom stereocenters. The van der Waals surface area contributed by atoms with Crippen LogP contribution in [0.1, 0.15) is 12.8 Å². The smallest absolute Gasteiger partial charge is 0.293 e. The third-order valence-electron chi connectivity index (χ3n) is 4.31. The van der Waals surface area contributed by atoms with E-state index in [2.05, 4.69) is 20.4 Å². The van der Waals surface area contributed by atoms with Gasteiger partial charge in [-0.3, -0.25) is 15.1 Å². The van der Waals surface area contributed by atoms with Crippen molar-refractivity contribution in [3.05, 3.63) is 52.7 Å². The molecule has 0 amide bonds. The Bertz CT molecular complexity index is 938. The van der Waals surface area contributed by atoms with E-state index in [0.29, 0.717) is 29.3 Å². The molecule has 3 aromatic rings. The number of aromatic nitrogens is 3. The van der Waals surface area contributed by atoms with Gasteiger partial charge in [0.2, 0.25) is 5.82 Å². The Labute approximate surface area is 154 Å². The van der Waals surface area contributed by atoms with Crippen LogP contribution in [0.3, 0.4) is 0 Å². The number of benzene rings is 1. The van der Waals surface area contributed by atoms with E-state index in [4.69, 9.17) is 9.26 Å². The highest BCUT2D eigenvalue weighted by Gasteiger charge is 2.21. The molecule has 0 saturated carbocycles. The fourth-order valence-electron chi connectivity index (χ4n) is 2.93. The molecular formula is C18H17N5O4. The van der Waals surface area contributed by atoms with Gasteiger partial charge in [-0.25, -0.2) is 0 Å². The van der Waals surface area contributed by atoms with E-state index in [1.807, 2.05) is 6.07 Å².